The summed E-state index contributed by atoms with van der Waals surface area (Å²) in [5, 5.41) is 3.28. The molecule has 252 valence electrons. The van der Waals surface area contributed by atoms with Gasteiger partial charge in [-0.25, -0.2) is 4.90 Å². The maximum atomic E-state index is 14.1. The number of thioether (sulfide) groups is 1. The number of nitrogens with zero attached hydrogens (tertiary/aromatic N) is 1. The number of fused-ring (bicyclic) bond motifs is 9. The number of imide groups is 1. The third-order valence-corrected chi connectivity index (χ3v) is 12.7. The van der Waals surface area contributed by atoms with E-state index in [2.05, 4.69) is 10.3 Å². The van der Waals surface area contributed by atoms with Crippen molar-refractivity contribution >= 4 is 52.2 Å². The molecule has 9 nitrogen and oxygen atoms in total. The van der Waals surface area contributed by atoms with Crippen LogP contribution < -0.4 is 24.6 Å². The van der Waals surface area contributed by atoms with Crippen molar-refractivity contribution in [2.75, 3.05) is 23.9 Å². The molecule has 8 rings (SSSR count). The zero-order valence-electron chi connectivity index (χ0n) is 25.7. The molecule has 1 saturated heterocycles. The Labute approximate surface area is 285 Å². The number of aromatic amines is 1. The van der Waals surface area contributed by atoms with Gasteiger partial charge in [0, 0.05) is 27.3 Å². The second kappa shape index (κ2) is 11.8. The molecule has 14 heteroatoms. The molecule has 6 unspecified atom stereocenters. The van der Waals surface area contributed by atoms with Gasteiger partial charge in [-0.05, 0) is 66.6 Å². The summed E-state index contributed by atoms with van der Waals surface area (Å²) in [5.74, 6) is -3.32. The summed E-state index contributed by atoms with van der Waals surface area (Å²) >= 11 is 2.55. The van der Waals surface area contributed by atoms with Crippen LogP contribution in [0.15, 0.2) is 82.6 Å². The molecule has 3 amide bonds. The fraction of sp³-hybridized carbons (Fsp3) is 0.314. The number of amides is 3. The Morgan fingerprint density at radius 1 is 0.959 bits per heavy atom. The van der Waals surface area contributed by atoms with Gasteiger partial charge in [0.1, 0.15) is 11.5 Å². The Morgan fingerprint density at radius 2 is 1.65 bits per heavy atom. The Kier molecular flexibility index (Phi) is 7.63. The number of carbonyl (C=O) groups excluding carboxylic acids is 3. The predicted molar refractivity (Wildman–Crippen MR) is 176 cm³/mol. The predicted octanol–water partition coefficient (Wildman–Crippen LogP) is 6.16. The smallest absolute Gasteiger partial charge is 0.418 e. The van der Waals surface area contributed by atoms with Crippen molar-refractivity contribution in [1.82, 2.24) is 4.98 Å². The second-order valence-corrected chi connectivity index (χ2v) is 14.8. The van der Waals surface area contributed by atoms with Gasteiger partial charge in [-0.1, -0.05) is 41.7 Å². The number of hydrogen-bond donors (Lipinski definition) is 2. The standard InChI is InChI=1S/C35H28F3N3O6S2/c1-46-17-12-10-16(11-13-17)39-24(42)15-47-23-9-5-2-6-18(23)25-26-19-14-20(29(26)48-31-30(25)49-34(45)40-31)28-27(19)32(43)41(33(28)44)22-8-4-3-7-21(22)35(36,37)38/h2-13,19-20,25-29H,14-15H2,1H3,(H,39,42)(H,40,45)/t19?,20?,25-,26?,27?,28?,29?/m1/s1. The average molecular weight is 708 g/mol. The number of methoxy groups -OCH3 is 1. The second-order valence-electron chi connectivity index (χ2n) is 12.6. The Bertz CT molecular complexity index is 2050. The topological polar surface area (TPSA) is 118 Å². The molecule has 2 aliphatic carbocycles. The zero-order valence-corrected chi connectivity index (χ0v) is 27.4. The molecule has 2 N–H and O–H groups in total. The number of para-hydroxylation sites is 2. The number of anilines is 2. The summed E-state index contributed by atoms with van der Waals surface area (Å²) in [6.07, 6.45) is -4.19. The molecule has 3 heterocycles. The highest BCUT2D eigenvalue weighted by Gasteiger charge is 2.70. The highest BCUT2D eigenvalue weighted by Crippen LogP contribution is 2.69. The van der Waals surface area contributed by atoms with Crippen molar-refractivity contribution in [3.63, 3.8) is 0 Å². The quantitative estimate of drug-likeness (QED) is 0.221. The first-order valence-corrected chi connectivity index (χ1v) is 17.3. The van der Waals surface area contributed by atoms with Gasteiger partial charge in [0.15, 0.2) is 6.61 Å². The van der Waals surface area contributed by atoms with Crippen LogP contribution in [0.25, 0.3) is 0 Å². The molecule has 0 spiro atoms. The average Bonchev–Trinajstić information content (AvgIpc) is 3.82. The summed E-state index contributed by atoms with van der Waals surface area (Å²) in [7, 11) is 1.55. The van der Waals surface area contributed by atoms with Gasteiger partial charge in [0.25, 0.3) is 5.91 Å². The van der Waals surface area contributed by atoms with Crippen LogP contribution in [0.3, 0.4) is 0 Å². The lowest BCUT2D eigenvalue weighted by atomic mass is 9.68. The molecular formula is C35H28F3N3O6S2. The van der Waals surface area contributed by atoms with Crippen molar-refractivity contribution < 1.29 is 37.0 Å². The van der Waals surface area contributed by atoms with Crippen molar-refractivity contribution in [3.8, 4) is 11.5 Å². The van der Waals surface area contributed by atoms with E-state index in [4.69, 9.17) is 9.47 Å². The summed E-state index contributed by atoms with van der Waals surface area (Å²) in [5.41, 5.74) is -0.181. The van der Waals surface area contributed by atoms with Crippen LogP contribution in [0.1, 0.15) is 28.3 Å². The van der Waals surface area contributed by atoms with Crippen LogP contribution in [-0.4, -0.2) is 41.7 Å². The van der Waals surface area contributed by atoms with E-state index in [0.29, 0.717) is 28.6 Å². The van der Waals surface area contributed by atoms with E-state index in [1.807, 2.05) is 12.1 Å². The third kappa shape index (κ3) is 5.14. The van der Waals surface area contributed by atoms with Crippen LogP contribution >= 0.6 is 23.1 Å². The first-order valence-electron chi connectivity index (χ1n) is 15.6. The Morgan fingerprint density at radius 3 is 2.39 bits per heavy atom. The minimum atomic E-state index is -4.75. The molecule has 49 heavy (non-hydrogen) atoms. The number of aromatic nitrogens is 1. The summed E-state index contributed by atoms with van der Waals surface area (Å²) in [4.78, 5) is 57.8. The molecule has 3 aromatic carbocycles. The van der Waals surface area contributed by atoms with E-state index < -0.39 is 47.0 Å². The van der Waals surface area contributed by atoms with Crippen LogP contribution in [0.2, 0.25) is 0 Å². The number of alkyl halides is 3. The van der Waals surface area contributed by atoms with E-state index in [9.17, 15) is 32.3 Å². The van der Waals surface area contributed by atoms with Gasteiger partial charge in [0.2, 0.25) is 11.8 Å². The van der Waals surface area contributed by atoms with Gasteiger partial charge < -0.3 is 19.8 Å². The van der Waals surface area contributed by atoms with Crippen molar-refractivity contribution in [1.29, 1.82) is 0 Å². The minimum absolute atomic E-state index is 0.185. The third-order valence-electron chi connectivity index (χ3n) is 10.2. The van der Waals surface area contributed by atoms with Gasteiger partial charge in [-0.3, -0.25) is 19.2 Å². The van der Waals surface area contributed by atoms with Gasteiger partial charge in [-0.15, -0.1) is 11.8 Å². The number of halogens is 3. The molecule has 4 aliphatic rings. The van der Waals surface area contributed by atoms with Crippen molar-refractivity contribution in [3.05, 3.63) is 98.5 Å². The maximum Gasteiger partial charge on any atom is 0.418 e. The molecule has 1 aromatic heterocycles. The lowest BCUT2D eigenvalue weighted by Crippen LogP contribution is -2.42. The zero-order chi connectivity index (χ0) is 34.2. The largest absolute Gasteiger partial charge is 0.497 e. The fourth-order valence-electron chi connectivity index (χ4n) is 8.39. The summed E-state index contributed by atoms with van der Waals surface area (Å²) in [6.45, 7) is -0.299. The van der Waals surface area contributed by atoms with Crippen molar-refractivity contribution in [2.24, 2.45) is 29.6 Å². The van der Waals surface area contributed by atoms with Crippen molar-refractivity contribution in [2.45, 2.75) is 28.8 Å². The van der Waals surface area contributed by atoms with Crippen LogP contribution in [0, 0.1) is 29.6 Å². The number of ether oxygens (including phenoxy) is 2. The number of benzene rings is 3. The molecule has 3 fully saturated rings. The number of carbonyl (C=O) groups is 3. The van der Waals surface area contributed by atoms with Gasteiger partial charge >= 0.3 is 11.0 Å². The minimum Gasteiger partial charge on any atom is -0.497 e. The van der Waals surface area contributed by atoms with Gasteiger partial charge in [-0.2, -0.15) is 13.2 Å². The highest BCUT2D eigenvalue weighted by atomic mass is 32.2. The molecular weight excluding hydrogens is 680 g/mol. The SMILES string of the molecule is COc1ccc(NC(=O)COc2ccccc2[C@H]2c3sc(=O)[nH]c3SC3C4CC(C5C(=O)N(c6ccccc6C(F)(F)F)C(=O)C45)C32)cc1. The lowest BCUT2D eigenvalue weighted by Gasteiger charge is -2.43. The maximum absolute atomic E-state index is 14.1. The molecule has 2 saturated carbocycles. The van der Waals surface area contributed by atoms with E-state index in [-0.39, 0.29) is 40.4 Å². The van der Waals surface area contributed by atoms with Gasteiger partial charge in [0.05, 0.1) is 35.2 Å². The summed E-state index contributed by atoms with van der Waals surface area (Å²) in [6, 6.07) is 18.8. The molecule has 7 atom stereocenters. The first kappa shape index (κ1) is 31.7. The molecule has 2 bridgehead atoms. The van der Waals surface area contributed by atoms with E-state index >= 15 is 0 Å². The lowest BCUT2D eigenvalue weighted by molar-refractivity contribution is -0.137. The van der Waals surface area contributed by atoms with E-state index in [1.165, 1.54) is 30.0 Å². The number of hydrogen-bond acceptors (Lipinski definition) is 8. The Hall–Kier alpha value is -4.56. The molecule has 2 aliphatic heterocycles. The van der Waals surface area contributed by atoms with Crippen LogP contribution in [-0.2, 0) is 20.6 Å². The van der Waals surface area contributed by atoms with Crippen LogP contribution in [0.5, 0.6) is 11.5 Å². The van der Waals surface area contributed by atoms with E-state index in [0.717, 1.165) is 32.7 Å². The van der Waals surface area contributed by atoms with E-state index in [1.54, 1.807) is 43.5 Å². The fourth-order valence-corrected chi connectivity index (χ4v) is 11.3. The molecule has 4 aromatic rings. The highest BCUT2D eigenvalue weighted by molar-refractivity contribution is 8.00. The normalized spacial score (nSPS) is 26.7. The number of nitrogens with one attached hydrogen (secondary N) is 2. The Balaban J connectivity index is 1.12. The first-order chi connectivity index (χ1) is 23.5. The monoisotopic (exact) mass is 707 g/mol. The number of H-pyrrole nitrogens is 1. The summed E-state index contributed by atoms with van der Waals surface area (Å²) < 4.78 is 53.3. The number of thiazole rings is 1. The number of rotatable bonds is 7. The van der Waals surface area contributed by atoms with Crippen LogP contribution in [0.4, 0.5) is 24.5 Å². The molecule has 0 radical (unpaired) electrons.